The van der Waals surface area contributed by atoms with Crippen LogP contribution in [0.5, 0.6) is 0 Å². The summed E-state index contributed by atoms with van der Waals surface area (Å²) in [4.78, 5) is 13.7. The molecule has 0 spiro atoms. The SMILES string of the molecule is O=c1[nH]c2cc(-c3cccc(Cl)c3)ccc2o1. The lowest BCUT2D eigenvalue weighted by atomic mass is 10.1. The topological polar surface area (TPSA) is 46.0 Å². The second-order valence-corrected chi connectivity index (χ2v) is 4.17. The largest absolute Gasteiger partial charge is 0.417 e. The number of fused-ring (bicyclic) bond motifs is 1. The predicted octanol–water partition coefficient (Wildman–Crippen LogP) is 3.44. The Bertz CT molecular complexity index is 742. The first-order chi connectivity index (χ1) is 8.22. The van der Waals surface area contributed by atoms with Crippen LogP contribution in [0.1, 0.15) is 0 Å². The van der Waals surface area contributed by atoms with Gasteiger partial charge < -0.3 is 4.42 Å². The van der Waals surface area contributed by atoms with Gasteiger partial charge in [-0.3, -0.25) is 4.98 Å². The molecule has 17 heavy (non-hydrogen) atoms. The molecule has 0 unspecified atom stereocenters. The number of halogens is 1. The summed E-state index contributed by atoms with van der Waals surface area (Å²) in [6, 6.07) is 13.1. The van der Waals surface area contributed by atoms with Crippen molar-refractivity contribution in [2.45, 2.75) is 0 Å². The van der Waals surface area contributed by atoms with Gasteiger partial charge in [0.2, 0.25) is 0 Å². The predicted molar refractivity (Wildman–Crippen MR) is 67.3 cm³/mol. The third kappa shape index (κ3) is 1.85. The van der Waals surface area contributed by atoms with E-state index in [-0.39, 0.29) is 0 Å². The quantitative estimate of drug-likeness (QED) is 0.714. The first-order valence-electron chi connectivity index (χ1n) is 5.11. The number of hydrogen-bond acceptors (Lipinski definition) is 2. The molecule has 0 saturated heterocycles. The molecule has 0 aliphatic carbocycles. The summed E-state index contributed by atoms with van der Waals surface area (Å²) >= 11 is 5.94. The Morgan fingerprint density at radius 2 is 1.88 bits per heavy atom. The van der Waals surface area contributed by atoms with Gasteiger partial charge in [0.25, 0.3) is 0 Å². The molecule has 0 amide bonds. The Morgan fingerprint density at radius 1 is 1.06 bits per heavy atom. The highest BCUT2D eigenvalue weighted by Crippen LogP contribution is 2.25. The van der Waals surface area contributed by atoms with Crippen LogP contribution in [-0.2, 0) is 0 Å². The van der Waals surface area contributed by atoms with E-state index in [1.165, 1.54) is 0 Å². The highest BCUT2D eigenvalue weighted by molar-refractivity contribution is 6.30. The molecule has 2 aromatic carbocycles. The molecule has 0 aliphatic heterocycles. The maximum atomic E-state index is 11.0. The molecule has 1 N–H and O–H groups in total. The standard InChI is InChI=1S/C13H8ClNO2/c14-10-3-1-2-8(6-10)9-4-5-12-11(7-9)15-13(16)17-12/h1-7H,(H,15,16). The van der Waals surface area contributed by atoms with Gasteiger partial charge in [0.05, 0.1) is 5.52 Å². The van der Waals surface area contributed by atoms with Gasteiger partial charge in [0.15, 0.2) is 5.58 Å². The Balaban J connectivity index is 2.20. The van der Waals surface area contributed by atoms with Crippen molar-refractivity contribution in [3.05, 3.63) is 58.0 Å². The summed E-state index contributed by atoms with van der Waals surface area (Å²) in [6.45, 7) is 0. The lowest BCUT2D eigenvalue weighted by molar-refractivity contribution is 0.555. The number of hydrogen-bond donors (Lipinski definition) is 1. The smallest absolute Gasteiger partial charge is 0.408 e. The Kier molecular flexibility index (Phi) is 2.27. The molecule has 3 aromatic rings. The third-order valence-electron chi connectivity index (χ3n) is 2.58. The zero-order valence-corrected chi connectivity index (χ0v) is 9.49. The van der Waals surface area contributed by atoms with E-state index >= 15 is 0 Å². The molecule has 0 aliphatic rings. The number of rotatable bonds is 1. The summed E-state index contributed by atoms with van der Waals surface area (Å²) < 4.78 is 4.95. The molecule has 0 fully saturated rings. The van der Waals surface area contributed by atoms with Gasteiger partial charge in [-0.15, -0.1) is 0 Å². The van der Waals surface area contributed by atoms with Gasteiger partial charge in [-0.1, -0.05) is 29.8 Å². The fourth-order valence-corrected chi connectivity index (χ4v) is 1.99. The van der Waals surface area contributed by atoms with E-state index in [1.807, 2.05) is 36.4 Å². The van der Waals surface area contributed by atoms with Crippen molar-refractivity contribution in [1.82, 2.24) is 4.98 Å². The maximum Gasteiger partial charge on any atom is 0.417 e. The molecule has 84 valence electrons. The fraction of sp³-hybridized carbons (Fsp3) is 0. The Labute approximate surface area is 102 Å². The first kappa shape index (κ1) is 10.2. The van der Waals surface area contributed by atoms with E-state index in [2.05, 4.69) is 4.98 Å². The van der Waals surface area contributed by atoms with Crippen LogP contribution in [0.25, 0.3) is 22.2 Å². The first-order valence-corrected chi connectivity index (χ1v) is 5.49. The summed E-state index contributed by atoms with van der Waals surface area (Å²) in [5, 5.41) is 0.684. The highest BCUT2D eigenvalue weighted by atomic mass is 35.5. The molecule has 0 radical (unpaired) electrons. The van der Waals surface area contributed by atoms with Crippen LogP contribution >= 0.6 is 11.6 Å². The second kappa shape index (κ2) is 3.79. The van der Waals surface area contributed by atoms with Crippen LogP contribution < -0.4 is 5.76 Å². The molecule has 1 heterocycles. The molecule has 1 aromatic heterocycles. The number of aromatic amines is 1. The fourth-order valence-electron chi connectivity index (χ4n) is 1.80. The van der Waals surface area contributed by atoms with Crippen LogP contribution in [0.15, 0.2) is 51.7 Å². The maximum absolute atomic E-state index is 11.0. The van der Waals surface area contributed by atoms with Crippen LogP contribution in [0.2, 0.25) is 5.02 Å². The molecule has 4 heteroatoms. The van der Waals surface area contributed by atoms with Crippen molar-refractivity contribution >= 4 is 22.7 Å². The highest BCUT2D eigenvalue weighted by Gasteiger charge is 2.04. The van der Waals surface area contributed by atoms with Crippen molar-refractivity contribution in [2.75, 3.05) is 0 Å². The lowest BCUT2D eigenvalue weighted by Crippen LogP contribution is -1.92. The van der Waals surface area contributed by atoms with Crippen molar-refractivity contribution in [3.8, 4) is 11.1 Å². The lowest BCUT2D eigenvalue weighted by Gasteiger charge is -2.01. The molecule has 0 atom stereocenters. The number of H-pyrrole nitrogens is 1. The van der Waals surface area contributed by atoms with Crippen molar-refractivity contribution in [3.63, 3.8) is 0 Å². The van der Waals surface area contributed by atoms with E-state index in [9.17, 15) is 4.79 Å². The van der Waals surface area contributed by atoms with Crippen molar-refractivity contribution in [2.24, 2.45) is 0 Å². The summed E-state index contributed by atoms with van der Waals surface area (Å²) in [5.41, 5.74) is 3.23. The van der Waals surface area contributed by atoms with Crippen LogP contribution in [0.3, 0.4) is 0 Å². The van der Waals surface area contributed by atoms with Gasteiger partial charge in [-0.25, -0.2) is 4.79 Å². The van der Waals surface area contributed by atoms with Gasteiger partial charge in [0, 0.05) is 5.02 Å². The zero-order chi connectivity index (χ0) is 11.8. The van der Waals surface area contributed by atoms with Crippen molar-refractivity contribution < 1.29 is 4.42 Å². The summed E-state index contributed by atoms with van der Waals surface area (Å²) in [5.74, 6) is -0.441. The van der Waals surface area contributed by atoms with Gasteiger partial charge in [0.1, 0.15) is 0 Å². The average molecular weight is 246 g/mol. The summed E-state index contributed by atoms with van der Waals surface area (Å²) in [6.07, 6.45) is 0. The van der Waals surface area contributed by atoms with Gasteiger partial charge in [-0.2, -0.15) is 0 Å². The van der Waals surface area contributed by atoms with E-state index in [0.717, 1.165) is 11.1 Å². The molecule has 0 bridgehead atoms. The normalized spacial score (nSPS) is 10.9. The van der Waals surface area contributed by atoms with Crippen LogP contribution in [0.4, 0.5) is 0 Å². The monoisotopic (exact) mass is 245 g/mol. The minimum Gasteiger partial charge on any atom is -0.408 e. The summed E-state index contributed by atoms with van der Waals surface area (Å²) in [7, 11) is 0. The van der Waals surface area contributed by atoms with E-state index in [4.69, 9.17) is 16.0 Å². The number of nitrogens with one attached hydrogen (secondary N) is 1. The molecule has 3 rings (SSSR count). The van der Waals surface area contributed by atoms with E-state index < -0.39 is 5.76 Å². The average Bonchev–Trinajstić information content (AvgIpc) is 2.68. The van der Waals surface area contributed by atoms with E-state index in [0.29, 0.717) is 16.1 Å². The minimum absolute atomic E-state index is 0.441. The van der Waals surface area contributed by atoms with Gasteiger partial charge in [-0.05, 0) is 35.4 Å². The number of benzene rings is 2. The zero-order valence-electron chi connectivity index (χ0n) is 8.74. The third-order valence-corrected chi connectivity index (χ3v) is 2.81. The van der Waals surface area contributed by atoms with Crippen LogP contribution in [-0.4, -0.2) is 4.98 Å². The van der Waals surface area contributed by atoms with Crippen molar-refractivity contribution in [1.29, 1.82) is 0 Å². The number of aromatic nitrogens is 1. The number of oxazole rings is 1. The minimum atomic E-state index is -0.441. The van der Waals surface area contributed by atoms with Crippen LogP contribution in [0, 0.1) is 0 Å². The molecule has 3 nitrogen and oxygen atoms in total. The van der Waals surface area contributed by atoms with Gasteiger partial charge >= 0.3 is 5.76 Å². The Hall–Kier alpha value is -2.00. The Morgan fingerprint density at radius 3 is 2.71 bits per heavy atom. The molecule has 0 saturated carbocycles. The molecular weight excluding hydrogens is 238 g/mol. The van der Waals surface area contributed by atoms with E-state index in [1.54, 1.807) is 6.07 Å². The second-order valence-electron chi connectivity index (χ2n) is 3.74. The molecular formula is C13H8ClNO2.